The van der Waals surface area contributed by atoms with E-state index in [0.29, 0.717) is 25.9 Å². The minimum absolute atomic E-state index is 0.143. The molecule has 0 aliphatic carbocycles. The first-order valence-corrected chi connectivity index (χ1v) is 4.33. The molecule has 1 heterocycles. The molecule has 1 rings (SSSR count). The number of ether oxygens (including phenoxy) is 1. The van der Waals surface area contributed by atoms with Gasteiger partial charge < -0.3 is 4.74 Å². The van der Waals surface area contributed by atoms with Gasteiger partial charge in [0.05, 0.1) is 12.6 Å². The average molecular weight is 197 g/mol. The lowest BCUT2D eigenvalue weighted by atomic mass is 10.1. The smallest absolute Gasteiger partial charge is 0.381 e. The third kappa shape index (κ3) is 3.95. The maximum Gasteiger partial charge on any atom is 0.401 e. The van der Waals surface area contributed by atoms with Crippen molar-refractivity contribution in [3.8, 4) is 0 Å². The van der Waals surface area contributed by atoms with Crippen molar-refractivity contribution in [1.82, 2.24) is 4.90 Å². The molecule has 2 nitrogen and oxygen atoms in total. The molecule has 0 aromatic rings. The van der Waals surface area contributed by atoms with Crippen molar-refractivity contribution in [2.75, 3.05) is 26.7 Å². The van der Waals surface area contributed by atoms with Crippen molar-refractivity contribution in [2.24, 2.45) is 0 Å². The Balaban J connectivity index is 2.25. The molecule has 0 spiro atoms. The number of piperidine rings is 1. The van der Waals surface area contributed by atoms with E-state index in [2.05, 4.69) is 0 Å². The molecule has 1 aliphatic heterocycles. The topological polar surface area (TPSA) is 12.5 Å². The first-order valence-electron chi connectivity index (χ1n) is 4.33. The fourth-order valence-electron chi connectivity index (χ4n) is 1.56. The fourth-order valence-corrected chi connectivity index (χ4v) is 1.56. The van der Waals surface area contributed by atoms with Gasteiger partial charge in [0.1, 0.15) is 0 Å². The van der Waals surface area contributed by atoms with Crippen molar-refractivity contribution in [3.63, 3.8) is 0 Å². The van der Waals surface area contributed by atoms with Crippen LogP contribution in [0.4, 0.5) is 13.2 Å². The quantitative estimate of drug-likeness (QED) is 0.667. The van der Waals surface area contributed by atoms with Crippen LogP contribution >= 0.6 is 0 Å². The summed E-state index contributed by atoms with van der Waals surface area (Å²) >= 11 is 0. The van der Waals surface area contributed by atoms with Crippen LogP contribution in [-0.4, -0.2) is 43.9 Å². The van der Waals surface area contributed by atoms with Crippen LogP contribution in [0.3, 0.4) is 0 Å². The highest BCUT2D eigenvalue weighted by molar-refractivity contribution is 4.73. The summed E-state index contributed by atoms with van der Waals surface area (Å²) in [6.45, 7) is 0.180. The molecule has 0 atom stereocenters. The molecule has 78 valence electrons. The molecule has 0 aromatic heterocycles. The highest BCUT2D eigenvalue weighted by atomic mass is 19.4. The number of alkyl halides is 3. The van der Waals surface area contributed by atoms with E-state index >= 15 is 0 Å². The number of nitrogens with zero attached hydrogens (tertiary/aromatic N) is 1. The minimum atomic E-state index is -4.07. The summed E-state index contributed by atoms with van der Waals surface area (Å²) in [6, 6.07) is 0. The summed E-state index contributed by atoms with van der Waals surface area (Å²) in [7, 11) is 1.60. The Hall–Kier alpha value is -0.290. The van der Waals surface area contributed by atoms with E-state index in [1.807, 2.05) is 0 Å². The molecule has 0 bridgehead atoms. The minimum Gasteiger partial charge on any atom is -0.381 e. The molecule has 5 heteroatoms. The third-order valence-corrected chi connectivity index (χ3v) is 2.27. The molecular weight excluding hydrogens is 183 g/mol. The average Bonchev–Trinajstić information content (AvgIpc) is 2.03. The van der Waals surface area contributed by atoms with Crippen LogP contribution in [0.5, 0.6) is 0 Å². The van der Waals surface area contributed by atoms with E-state index in [1.54, 1.807) is 7.11 Å². The van der Waals surface area contributed by atoms with Gasteiger partial charge in [-0.05, 0) is 12.8 Å². The summed E-state index contributed by atoms with van der Waals surface area (Å²) in [5.74, 6) is 0. The second kappa shape index (κ2) is 4.28. The number of hydrogen-bond acceptors (Lipinski definition) is 2. The van der Waals surface area contributed by atoms with Crippen LogP contribution in [-0.2, 0) is 4.74 Å². The van der Waals surface area contributed by atoms with Gasteiger partial charge in [0.2, 0.25) is 0 Å². The number of rotatable bonds is 2. The van der Waals surface area contributed by atoms with Crippen LogP contribution in [0.2, 0.25) is 0 Å². The summed E-state index contributed by atoms with van der Waals surface area (Å²) in [4.78, 5) is 1.43. The van der Waals surface area contributed by atoms with Crippen molar-refractivity contribution in [1.29, 1.82) is 0 Å². The second-order valence-corrected chi connectivity index (χ2v) is 3.33. The monoisotopic (exact) mass is 197 g/mol. The van der Waals surface area contributed by atoms with Gasteiger partial charge in [0, 0.05) is 20.2 Å². The SMILES string of the molecule is COC1CCN(CC(F)(F)F)CC1. The van der Waals surface area contributed by atoms with Gasteiger partial charge in [-0.3, -0.25) is 4.90 Å². The van der Waals surface area contributed by atoms with Crippen molar-refractivity contribution in [3.05, 3.63) is 0 Å². The van der Waals surface area contributed by atoms with Gasteiger partial charge >= 0.3 is 6.18 Å². The predicted molar refractivity (Wildman–Crippen MR) is 42.5 cm³/mol. The third-order valence-electron chi connectivity index (χ3n) is 2.27. The van der Waals surface area contributed by atoms with Crippen LogP contribution in [0.25, 0.3) is 0 Å². The Labute approximate surface area is 75.7 Å². The molecular formula is C8H14F3NO. The van der Waals surface area contributed by atoms with Crippen LogP contribution in [0.1, 0.15) is 12.8 Å². The Morgan fingerprint density at radius 3 is 2.23 bits per heavy atom. The van der Waals surface area contributed by atoms with Crippen LogP contribution in [0.15, 0.2) is 0 Å². The van der Waals surface area contributed by atoms with E-state index in [9.17, 15) is 13.2 Å². The first kappa shape index (κ1) is 10.8. The van der Waals surface area contributed by atoms with Gasteiger partial charge in [0.15, 0.2) is 0 Å². The molecule has 0 saturated carbocycles. The zero-order chi connectivity index (χ0) is 9.90. The number of halogens is 3. The van der Waals surface area contributed by atoms with Gasteiger partial charge in [-0.1, -0.05) is 0 Å². The molecule has 13 heavy (non-hydrogen) atoms. The van der Waals surface area contributed by atoms with Gasteiger partial charge in [-0.2, -0.15) is 13.2 Å². The summed E-state index contributed by atoms with van der Waals surface area (Å²) < 4.78 is 40.9. The predicted octanol–water partition coefficient (Wildman–Crippen LogP) is 1.66. The Bertz CT molecular complexity index is 152. The molecule has 0 radical (unpaired) electrons. The first-order chi connectivity index (χ1) is 6.01. The maximum atomic E-state index is 11.9. The van der Waals surface area contributed by atoms with Gasteiger partial charge in [-0.25, -0.2) is 0 Å². The maximum absolute atomic E-state index is 11.9. The van der Waals surface area contributed by atoms with Gasteiger partial charge in [0.25, 0.3) is 0 Å². The van der Waals surface area contributed by atoms with E-state index in [0.717, 1.165) is 0 Å². The van der Waals surface area contributed by atoms with Crippen molar-refractivity contribution >= 4 is 0 Å². The number of likely N-dealkylation sites (tertiary alicyclic amines) is 1. The summed E-state index contributed by atoms with van der Waals surface area (Å²) in [6.07, 6.45) is -2.52. The van der Waals surface area contributed by atoms with E-state index in [1.165, 1.54) is 4.90 Å². The lowest BCUT2D eigenvalue weighted by Gasteiger charge is -2.31. The van der Waals surface area contributed by atoms with E-state index < -0.39 is 12.7 Å². The van der Waals surface area contributed by atoms with Crippen LogP contribution < -0.4 is 0 Å². The summed E-state index contributed by atoms with van der Waals surface area (Å²) in [5.41, 5.74) is 0. The number of methoxy groups -OCH3 is 1. The molecule has 1 aliphatic rings. The highest BCUT2D eigenvalue weighted by Crippen LogP contribution is 2.20. The lowest BCUT2D eigenvalue weighted by molar-refractivity contribution is -0.150. The number of hydrogen-bond donors (Lipinski definition) is 0. The van der Waals surface area contributed by atoms with Crippen LogP contribution in [0, 0.1) is 0 Å². The molecule has 0 N–H and O–H groups in total. The van der Waals surface area contributed by atoms with E-state index in [4.69, 9.17) is 4.74 Å². The molecule has 1 fully saturated rings. The zero-order valence-electron chi connectivity index (χ0n) is 7.60. The van der Waals surface area contributed by atoms with Gasteiger partial charge in [-0.15, -0.1) is 0 Å². The molecule has 0 aromatic carbocycles. The van der Waals surface area contributed by atoms with E-state index in [-0.39, 0.29) is 6.10 Å². The van der Waals surface area contributed by atoms with Crippen molar-refractivity contribution < 1.29 is 17.9 Å². The molecule has 0 unspecified atom stereocenters. The lowest BCUT2D eigenvalue weighted by Crippen LogP contribution is -2.41. The highest BCUT2D eigenvalue weighted by Gasteiger charge is 2.32. The zero-order valence-corrected chi connectivity index (χ0v) is 7.60. The normalized spacial score (nSPS) is 22.2. The fraction of sp³-hybridized carbons (Fsp3) is 1.00. The van der Waals surface area contributed by atoms with Crippen molar-refractivity contribution in [2.45, 2.75) is 25.1 Å². The second-order valence-electron chi connectivity index (χ2n) is 3.33. The largest absolute Gasteiger partial charge is 0.401 e. The summed E-state index contributed by atoms with van der Waals surface area (Å²) in [5, 5.41) is 0. The molecule has 0 amide bonds. The molecule has 1 saturated heterocycles. The standard InChI is InChI=1S/C8H14F3NO/c1-13-7-2-4-12(5-3-7)6-8(9,10)11/h7H,2-6H2,1H3. The Morgan fingerprint density at radius 1 is 1.31 bits per heavy atom. The Kier molecular flexibility index (Phi) is 3.55. The Morgan fingerprint density at radius 2 is 1.85 bits per heavy atom.